The van der Waals surface area contributed by atoms with Crippen LogP contribution in [0.1, 0.15) is 35.5 Å². The van der Waals surface area contributed by atoms with Crippen LogP contribution in [0.4, 0.5) is 0 Å². The molecule has 0 unspecified atom stereocenters. The summed E-state index contributed by atoms with van der Waals surface area (Å²) in [5.74, 6) is -0.425. The van der Waals surface area contributed by atoms with Gasteiger partial charge in [0.2, 0.25) is 0 Å². The van der Waals surface area contributed by atoms with Crippen LogP contribution >= 0.6 is 0 Å². The van der Waals surface area contributed by atoms with E-state index in [0.29, 0.717) is 31.0 Å². The molecule has 0 aliphatic carbocycles. The third-order valence-electron chi connectivity index (χ3n) is 2.96. The number of aromatic nitrogens is 2. The molecule has 116 valence electrons. The minimum Gasteiger partial charge on any atom is -0.501 e. The van der Waals surface area contributed by atoms with E-state index in [-0.39, 0.29) is 0 Å². The van der Waals surface area contributed by atoms with Crippen molar-refractivity contribution in [1.82, 2.24) is 9.78 Å². The van der Waals surface area contributed by atoms with Gasteiger partial charge >= 0.3 is 5.97 Å². The van der Waals surface area contributed by atoms with Gasteiger partial charge in [0.1, 0.15) is 0 Å². The third kappa shape index (κ3) is 4.22. The molecule has 0 N–H and O–H groups in total. The van der Waals surface area contributed by atoms with E-state index in [4.69, 9.17) is 9.47 Å². The molecule has 0 radical (unpaired) electrons. The van der Waals surface area contributed by atoms with Gasteiger partial charge < -0.3 is 9.47 Å². The van der Waals surface area contributed by atoms with Crippen LogP contribution in [0.25, 0.3) is 6.08 Å². The van der Waals surface area contributed by atoms with Gasteiger partial charge in [0, 0.05) is 11.8 Å². The number of ether oxygens (including phenoxy) is 2. The van der Waals surface area contributed by atoms with E-state index in [1.54, 1.807) is 23.9 Å². The molecule has 0 atom stereocenters. The summed E-state index contributed by atoms with van der Waals surface area (Å²) in [4.78, 5) is 12.0. The average Bonchev–Trinajstić information content (AvgIpc) is 2.92. The van der Waals surface area contributed by atoms with E-state index < -0.39 is 5.97 Å². The summed E-state index contributed by atoms with van der Waals surface area (Å²) in [6.07, 6.45) is 5.10. The third-order valence-corrected chi connectivity index (χ3v) is 2.96. The topological polar surface area (TPSA) is 53.4 Å². The molecule has 2 aromatic rings. The first-order valence-electron chi connectivity index (χ1n) is 7.31. The number of hydrogen-bond donors (Lipinski definition) is 0. The highest BCUT2D eigenvalue weighted by atomic mass is 16.5. The molecular weight excluding hydrogens is 280 g/mol. The molecule has 0 saturated carbocycles. The molecule has 0 aliphatic heterocycles. The van der Waals surface area contributed by atoms with Gasteiger partial charge in [-0.1, -0.05) is 30.3 Å². The summed E-state index contributed by atoms with van der Waals surface area (Å²) in [6, 6.07) is 9.94. The molecule has 0 saturated heterocycles. The van der Waals surface area contributed by atoms with Crippen LogP contribution in [0, 0.1) is 0 Å². The Labute approximate surface area is 130 Å². The van der Waals surface area contributed by atoms with Gasteiger partial charge in [-0.25, -0.2) is 4.79 Å². The van der Waals surface area contributed by atoms with Crippen molar-refractivity contribution in [2.75, 3.05) is 13.2 Å². The van der Waals surface area contributed by atoms with Crippen LogP contribution in [0.5, 0.6) is 0 Å². The van der Waals surface area contributed by atoms with Crippen LogP contribution < -0.4 is 0 Å². The average molecular weight is 300 g/mol. The lowest BCUT2D eigenvalue weighted by atomic mass is 10.2. The van der Waals surface area contributed by atoms with Crippen molar-refractivity contribution in [3.63, 3.8) is 0 Å². The van der Waals surface area contributed by atoms with E-state index in [9.17, 15) is 4.79 Å². The van der Waals surface area contributed by atoms with E-state index in [1.165, 1.54) is 0 Å². The molecular formula is C17H20N2O3. The first-order valence-corrected chi connectivity index (χ1v) is 7.31. The molecule has 1 aromatic heterocycles. The molecule has 0 bridgehead atoms. The molecule has 0 aliphatic rings. The Balaban J connectivity index is 2.24. The number of nitrogens with zero attached hydrogens (tertiary/aromatic N) is 2. The van der Waals surface area contributed by atoms with Crippen LogP contribution in [0.15, 0.2) is 42.8 Å². The maximum atomic E-state index is 12.0. The summed E-state index contributed by atoms with van der Waals surface area (Å²) in [7, 11) is 0. The van der Waals surface area contributed by atoms with Crippen molar-refractivity contribution < 1.29 is 14.3 Å². The zero-order valence-electron chi connectivity index (χ0n) is 12.9. The van der Waals surface area contributed by atoms with Gasteiger partial charge in [-0.2, -0.15) is 5.10 Å². The molecule has 0 amide bonds. The second-order valence-corrected chi connectivity index (χ2v) is 4.59. The number of carbonyl (C=O) groups is 1. The fourth-order valence-electron chi connectivity index (χ4n) is 1.99. The van der Waals surface area contributed by atoms with Crippen LogP contribution in [0.2, 0.25) is 0 Å². The molecule has 1 aromatic carbocycles. The lowest BCUT2D eigenvalue weighted by molar-refractivity contribution is 0.0518. The van der Waals surface area contributed by atoms with Crippen molar-refractivity contribution in [2.45, 2.75) is 20.4 Å². The van der Waals surface area contributed by atoms with Gasteiger partial charge in [0.05, 0.1) is 26.0 Å². The zero-order chi connectivity index (χ0) is 15.8. The monoisotopic (exact) mass is 300 g/mol. The summed E-state index contributed by atoms with van der Waals surface area (Å²) < 4.78 is 12.0. The highest BCUT2D eigenvalue weighted by molar-refractivity contribution is 5.91. The number of rotatable bonds is 7. The summed E-state index contributed by atoms with van der Waals surface area (Å²) in [5, 5.41) is 4.34. The van der Waals surface area contributed by atoms with Crippen molar-refractivity contribution in [3.8, 4) is 0 Å². The number of benzene rings is 1. The predicted octanol–water partition coefficient (Wildman–Crippen LogP) is 3.12. The Morgan fingerprint density at radius 2 is 2.00 bits per heavy atom. The summed E-state index contributed by atoms with van der Waals surface area (Å²) in [6.45, 7) is 5.15. The van der Waals surface area contributed by atoms with Crippen LogP contribution in [-0.4, -0.2) is 29.0 Å². The van der Waals surface area contributed by atoms with Crippen molar-refractivity contribution >= 4 is 12.0 Å². The van der Waals surface area contributed by atoms with Gasteiger partial charge in [0.15, 0.2) is 5.69 Å². The molecule has 2 rings (SSSR count). The van der Waals surface area contributed by atoms with Crippen LogP contribution in [0.3, 0.4) is 0 Å². The lowest BCUT2D eigenvalue weighted by Gasteiger charge is -2.01. The maximum Gasteiger partial charge on any atom is 0.359 e. The molecule has 5 nitrogen and oxygen atoms in total. The Bertz CT molecular complexity index is 633. The predicted molar refractivity (Wildman–Crippen MR) is 84.4 cm³/mol. The van der Waals surface area contributed by atoms with E-state index >= 15 is 0 Å². The zero-order valence-corrected chi connectivity index (χ0v) is 12.9. The van der Waals surface area contributed by atoms with E-state index in [2.05, 4.69) is 5.10 Å². The normalized spacial score (nSPS) is 10.8. The SMILES string of the molecule is CCO/C=C/c1cn(Cc2ccccc2)nc1C(=O)OCC. The second-order valence-electron chi connectivity index (χ2n) is 4.59. The largest absolute Gasteiger partial charge is 0.501 e. The number of esters is 1. The molecule has 22 heavy (non-hydrogen) atoms. The van der Waals surface area contributed by atoms with Gasteiger partial charge in [-0.05, 0) is 25.5 Å². The molecule has 0 spiro atoms. The summed E-state index contributed by atoms with van der Waals surface area (Å²) in [5.41, 5.74) is 2.09. The second kappa shape index (κ2) is 8.02. The minimum absolute atomic E-state index is 0.300. The Hall–Kier alpha value is -2.56. The van der Waals surface area contributed by atoms with Gasteiger partial charge in [0.25, 0.3) is 0 Å². The van der Waals surface area contributed by atoms with Gasteiger partial charge in [-0.15, -0.1) is 0 Å². The van der Waals surface area contributed by atoms with E-state index in [0.717, 1.165) is 5.56 Å². The number of carbonyl (C=O) groups excluding carboxylic acids is 1. The van der Waals surface area contributed by atoms with Crippen molar-refractivity contribution in [2.24, 2.45) is 0 Å². The first-order chi connectivity index (χ1) is 10.7. The Morgan fingerprint density at radius 3 is 2.68 bits per heavy atom. The fourth-order valence-corrected chi connectivity index (χ4v) is 1.99. The smallest absolute Gasteiger partial charge is 0.359 e. The van der Waals surface area contributed by atoms with Crippen LogP contribution in [-0.2, 0) is 16.0 Å². The van der Waals surface area contributed by atoms with Crippen molar-refractivity contribution in [1.29, 1.82) is 0 Å². The molecule has 1 heterocycles. The Kier molecular flexibility index (Phi) is 5.77. The lowest BCUT2D eigenvalue weighted by Crippen LogP contribution is -2.08. The fraction of sp³-hybridized carbons (Fsp3) is 0.294. The van der Waals surface area contributed by atoms with Crippen molar-refractivity contribution in [3.05, 3.63) is 59.6 Å². The summed E-state index contributed by atoms with van der Waals surface area (Å²) >= 11 is 0. The quantitative estimate of drug-likeness (QED) is 0.582. The first kappa shape index (κ1) is 15.8. The van der Waals surface area contributed by atoms with E-state index in [1.807, 2.05) is 43.5 Å². The molecule has 5 heteroatoms. The Morgan fingerprint density at radius 1 is 1.23 bits per heavy atom. The maximum absolute atomic E-state index is 12.0. The standard InChI is InChI=1S/C17H20N2O3/c1-3-21-11-10-15-13-19(12-14-8-6-5-7-9-14)18-16(15)17(20)22-4-2/h5-11,13H,3-4,12H2,1-2H3/b11-10+. The highest BCUT2D eigenvalue weighted by Gasteiger charge is 2.16. The van der Waals surface area contributed by atoms with Gasteiger partial charge in [-0.3, -0.25) is 4.68 Å². The number of hydrogen-bond acceptors (Lipinski definition) is 4. The minimum atomic E-state index is -0.425. The highest BCUT2D eigenvalue weighted by Crippen LogP contribution is 2.13. The molecule has 0 fully saturated rings.